The predicted molar refractivity (Wildman–Crippen MR) is 276 cm³/mol. The summed E-state index contributed by atoms with van der Waals surface area (Å²) in [6.45, 7) is 34.4. The number of rotatable bonds is 0. The summed E-state index contributed by atoms with van der Waals surface area (Å²) in [7, 11) is 0. The molecule has 0 spiro atoms. The van der Waals surface area contributed by atoms with E-state index in [9.17, 15) is 0 Å². The lowest BCUT2D eigenvalue weighted by atomic mass is 9.84. The van der Waals surface area contributed by atoms with Crippen LogP contribution in [0.25, 0.3) is 0 Å². The number of hydrogen-bond acceptors (Lipinski definition) is 0. The first-order valence-corrected chi connectivity index (χ1v) is 23.0. The molecule has 0 heterocycles. The predicted octanol–water partition coefficient (Wildman–Crippen LogP) is 21.1. The average molecular weight is 995 g/mol. The van der Waals surface area contributed by atoms with Gasteiger partial charge in [-0.3, -0.25) is 0 Å². The van der Waals surface area contributed by atoms with Gasteiger partial charge in [0.15, 0.2) is 0 Å². The van der Waals surface area contributed by atoms with E-state index in [1.807, 2.05) is 60.7 Å². The van der Waals surface area contributed by atoms with E-state index in [1.54, 1.807) is 12.1 Å². The Morgan fingerprint density at radius 3 is 1.07 bits per heavy atom. The van der Waals surface area contributed by atoms with Gasteiger partial charge in [-0.1, -0.05) is 245 Å². The van der Waals surface area contributed by atoms with Crippen molar-refractivity contribution in [3.8, 4) is 0 Å². The molecule has 0 atom stereocenters. The second-order valence-electron chi connectivity index (χ2n) is 19.7. The van der Waals surface area contributed by atoms with Crippen molar-refractivity contribution in [2.45, 2.75) is 138 Å². The molecule has 0 radical (unpaired) electrons. The van der Waals surface area contributed by atoms with Gasteiger partial charge in [0.25, 0.3) is 0 Å². The number of aryl methyl sites for hydroxylation is 1. The van der Waals surface area contributed by atoms with E-state index in [0.29, 0.717) is 30.1 Å². The molecule has 5 rings (SSSR count). The third kappa shape index (κ3) is 19.6. The Hall–Kier alpha value is -1.29. The molecule has 5 aromatic carbocycles. The molecule has 0 unspecified atom stereocenters. The Balaban J connectivity index is 0.000000375. The molecule has 9 heteroatoms. The molecule has 0 nitrogen and oxygen atoms in total. The zero-order chi connectivity index (χ0) is 46.8. The lowest BCUT2D eigenvalue weighted by molar-refractivity contribution is 0.586. The van der Waals surface area contributed by atoms with Gasteiger partial charge in [0.2, 0.25) is 0 Å². The summed E-state index contributed by atoms with van der Waals surface area (Å²) < 4.78 is 0. The highest BCUT2D eigenvalue weighted by atomic mass is 35.5. The molecular formula is C51H63Cl9. The van der Waals surface area contributed by atoms with Gasteiger partial charge in [-0.05, 0) is 122 Å². The fraction of sp³-hybridized carbons (Fsp3) is 0.412. The van der Waals surface area contributed by atoms with Gasteiger partial charge in [-0.25, -0.2) is 0 Å². The van der Waals surface area contributed by atoms with Crippen molar-refractivity contribution in [2.75, 3.05) is 0 Å². The van der Waals surface area contributed by atoms with Crippen LogP contribution in [0.2, 0.25) is 45.2 Å². The summed E-state index contributed by atoms with van der Waals surface area (Å²) in [4.78, 5) is 0. The molecule has 0 amide bonds. The van der Waals surface area contributed by atoms with E-state index in [1.165, 1.54) is 22.3 Å². The van der Waals surface area contributed by atoms with Crippen molar-refractivity contribution in [1.82, 2.24) is 0 Å². The van der Waals surface area contributed by atoms with E-state index in [0.717, 1.165) is 26.2 Å². The van der Waals surface area contributed by atoms with Crippen molar-refractivity contribution >= 4 is 104 Å². The summed E-state index contributed by atoms with van der Waals surface area (Å²) in [5.41, 5.74) is 7.97. The van der Waals surface area contributed by atoms with Crippen LogP contribution in [0.3, 0.4) is 0 Å². The Labute approximate surface area is 408 Å². The molecule has 0 saturated heterocycles. The molecule has 0 aromatic heterocycles. The van der Waals surface area contributed by atoms with Crippen LogP contribution >= 0.6 is 104 Å². The number of halogens is 9. The van der Waals surface area contributed by atoms with Gasteiger partial charge in [-0.2, -0.15) is 0 Å². The summed E-state index contributed by atoms with van der Waals surface area (Å²) in [6, 6.07) is 29.2. The van der Waals surface area contributed by atoms with E-state index in [-0.39, 0.29) is 27.1 Å². The summed E-state index contributed by atoms with van der Waals surface area (Å²) in [5.74, 6) is 0. The first-order chi connectivity index (χ1) is 27.1. The normalized spacial score (nSPS) is 11.8. The molecule has 0 fully saturated rings. The SMILES string of the molecule is CC(C)(C)c1ccc(Cl)c(Cl)c1.CC(C)(C)c1ccc(Cl)c(Cl)c1Cl.CC(C)(C)c1ccc(Cl)cc1.CC(C)(C)c1ccc(Cl)cc1Cl.Cc1cc(Cl)ccc1C(C)(C)C. The Bertz CT molecular complexity index is 2050. The maximum Gasteiger partial charge on any atom is 0.0781 e. The fourth-order valence-corrected chi connectivity index (χ4v) is 7.75. The zero-order valence-corrected chi connectivity index (χ0v) is 44.9. The number of hydrogen-bond donors (Lipinski definition) is 0. The van der Waals surface area contributed by atoms with Crippen molar-refractivity contribution in [1.29, 1.82) is 0 Å². The topological polar surface area (TPSA) is 0 Å². The third-order valence-corrected chi connectivity index (χ3v) is 12.1. The standard InChI is InChI=1S/C11H15Cl.C10H11Cl3.2C10H12Cl2.C10H13Cl/c1-8-7-9(12)5-6-10(8)11(2,3)4;1-10(2,3)6-4-5-7(11)9(13)8(6)12;1-10(2,3)8-5-4-7(11)6-9(8)12;1-10(2,3)7-4-5-8(11)9(12)6-7;1-10(2,3)8-4-6-9(11)7-5-8/h5-7H,1-4H3;4-5H,1-3H3;2*4-6H,1-3H3;4-7H,1-3H3. The minimum absolute atomic E-state index is 0.00862. The quantitative estimate of drug-likeness (QED) is 0.136. The van der Waals surface area contributed by atoms with Crippen LogP contribution in [-0.2, 0) is 27.1 Å². The van der Waals surface area contributed by atoms with Gasteiger partial charge in [-0.15, -0.1) is 0 Å². The Morgan fingerprint density at radius 2 is 0.667 bits per heavy atom. The van der Waals surface area contributed by atoms with Crippen LogP contribution in [0.4, 0.5) is 0 Å². The molecule has 330 valence electrons. The van der Waals surface area contributed by atoms with Crippen LogP contribution in [0.5, 0.6) is 0 Å². The van der Waals surface area contributed by atoms with E-state index in [4.69, 9.17) is 104 Å². The van der Waals surface area contributed by atoms with Crippen LogP contribution in [-0.4, -0.2) is 0 Å². The monoisotopic (exact) mass is 990 g/mol. The van der Waals surface area contributed by atoms with Crippen LogP contribution in [0, 0.1) is 6.92 Å². The largest absolute Gasteiger partial charge is 0.0843 e. The molecule has 0 bridgehead atoms. The summed E-state index contributed by atoms with van der Waals surface area (Å²) in [5, 5.41) is 5.80. The highest BCUT2D eigenvalue weighted by molar-refractivity contribution is 6.48. The fourth-order valence-electron chi connectivity index (χ4n) is 5.58. The number of benzene rings is 5. The molecular weight excluding hydrogens is 932 g/mol. The maximum atomic E-state index is 6.07. The second-order valence-corrected chi connectivity index (χ2v) is 23.4. The molecule has 0 aliphatic carbocycles. The first-order valence-electron chi connectivity index (χ1n) is 19.6. The molecule has 0 aliphatic heterocycles. The zero-order valence-electron chi connectivity index (χ0n) is 38.1. The molecule has 0 N–H and O–H groups in total. The first kappa shape index (κ1) is 56.7. The maximum absolute atomic E-state index is 6.07. The van der Waals surface area contributed by atoms with E-state index in [2.05, 4.69) is 129 Å². The van der Waals surface area contributed by atoms with Crippen LogP contribution in [0.15, 0.2) is 91.0 Å². The minimum Gasteiger partial charge on any atom is -0.0843 e. The highest BCUT2D eigenvalue weighted by Crippen LogP contribution is 2.38. The molecule has 0 aliphatic rings. The summed E-state index contributed by atoms with van der Waals surface area (Å²) >= 11 is 52.9. The Kier molecular flexibility index (Phi) is 22.3. The van der Waals surface area contributed by atoms with Crippen molar-refractivity contribution in [3.63, 3.8) is 0 Å². The second kappa shape index (κ2) is 23.6. The van der Waals surface area contributed by atoms with Gasteiger partial charge >= 0.3 is 0 Å². The molecule has 5 aromatic rings. The van der Waals surface area contributed by atoms with Gasteiger partial charge in [0.1, 0.15) is 0 Å². The Morgan fingerprint density at radius 1 is 0.283 bits per heavy atom. The van der Waals surface area contributed by atoms with E-state index >= 15 is 0 Å². The van der Waals surface area contributed by atoms with Crippen LogP contribution < -0.4 is 0 Å². The van der Waals surface area contributed by atoms with Gasteiger partial charge < -0.3 is 0 Å². The smallest absolute Gasteiger partial charge is 0.0781 e. The van der Waals surface area contributed by atoms with Gasteiger partial charge in [0, 0.05) is 20.1 Å². The minimum atomic E-state index is -0.00862. The lowest BCUT2D eigenvalue weighted by Crippen LogP contribution is -2.12. The average Bonchev–Trinajstić information content (AvgIpc) is 3.07. The van der Waals surface area contributed by atoms with Crippen LogP contribution in [0.1, 0.15) is 137 Å². The lowest BCUT2D eigenvalue weighted by Gasteiger charge is -2.21. The molecule has 60 heavy (non-hydrogen) atoms. The van der Waals surface area contributed by atoms with Crippen molar-refractivity contribution < 1.29 is 0 Å². The molecule has 0 saturated carbocycles. The highest BCUT2D eigenvalue weighted by Gasteiger charge is 2.20. The van der Waals surface area contributed by atoms with Crippen molar-refractivity contribution in [3.05, 3.63) is 170 Å². The van der Waals surface area contributed by atoms with E-state index < -0.39 is 0 Å². The summed E-state index contributed by atoms with van der Waals surface area (Å²) in [6.07, 6.45) is 0. The van der Waals surface area contributed by atoms with Crippen molar-refractivity contribution in [2.24, 2.45) is 0 Å². The van der Waals surface area contributed by atoms with Gasteiger partial charge in [0.05, 0.1) is 25.1 Å². The third-order valence-electron chi connectivity index (χ3n) is 9.07.